The van der Waals surface area contributed by atoms with Crippen molar-refractivity contribution >= 4 is 6.03 Å². The molecule has 21 heavy (non-hydrogen) atoms. The first-order valence-electron chi connectivity index (χ1n) is 7.64. The summed E-state index contributed by atoms with van der Waals surface area (Å²) in [5.74, 6) is 0. The van der Waals surface area contributed by atoms with Gasteiger partial charge in [0, 0.05) is 30.9 Å². The summed E-state index contributed by atoms with van der Waals surface area (Å²) in [6, 6.07) is 0.109. The third-order valence-electron chi connectivity index (χ3n) is 4.31. The Bertz CT molecular complexity index is 510. The van der Waals surface area contributed by atoms with Gasteiger partial charge in [-0.05, 0) is 47.2 Å². The fraction of sp³-hybridized carbons (Fsp3) is 0.733. The number of nitrogens with one attached hydrogen (secondary N) is 2. The van der Waals surface area contributed by atoms with Crippen molar-refractivity contribution in [2.24, 2.45) is 7.05 Å². The molecule has 118 valence electrons. The number of carbonyl (C=O) groups excluding carboxylic acids is 1. The van der Waals surface area contributed by atoms with Gasteiger partial charge in [-0.1, -0.05) is 0 Å². The fourth-order valence-corrected chi connectivity index (χ4v) is 3.20. The number of amides is 2. The Kier molecular flexibility index (Phi) is 4.88. The lowest BCUT2D eigenvalue weighted by molar-refractivity contribution is 0.207. The zero-order chi connectivity index (χ0) is 15.6. The van der Waals surface area contributed by atoms with E-state index >= 15 is 0 Å². The molecule has 0 unspecified atom stereocenters. The summed E-state index contributed by atoms with van der Waals surface area (Å²) in [7, 11) is 4.02. The van der Waals surface area contributed by atoms with E-state index in [0.29, 0.717) is 0 Å². The molecule has 0 aliphatic carbocycles. The van der Waals surface area contributed by atoms with Crippen LogP contribution in [-0.4, -0.2) is 46.9 Å². The molecule has 2 N–H and O–H groups in total. The zero-order valence-corrected chi connectivity index (χ0v) is 13.7. The largest absolute Gasteiger partial charge is 0.334 e. The first-order valence-corrected chi connectivity index (χ1v) is 7.64. The molecule has 6 heteroatoms. The number of likely N-dealkylation sites (N-methyl/N-ethyl adjacent to an activating group) is 1. The lowest BCUT2D eigenvalue weighted by atomic mass is 10.1. The number of aryl methyl sites for hydroxylation is 2. The molecule has 0 saturated carbocycles. The van der Waals surface area contributed by atoms with E-state index in [1.807, 2.05) is 32.5 Å². The normalized spacial score (nSPS) is 21.1. The van der Waals surface area contributed by atoms with Gasteiger partial charge in [-0.3, -0.25) is 4.68 Å². The topological polar surface area (TPSA) is 62.2 Å². The van der Waals surface area contributed by atoms with Crippen molar-refractivity contribution in [1.29, 1.82) is 0 Å². The molecule has 0 spiro atoms. The number of nitrogens with zero attached hydrogens (tertiary/aromatic N) is 3. The number of piperidine rings is 1. The average molecular weight is 293 g/mol. The summed E-state index contributed by atoms with van der Waals surface area (Å²) in [5.41, 5.74) is 3.17. The van der Waals surface area contributed by atoms with Crippen LogP contribution in [0.3, 0.4) is 0 Å². The predicted molar refractivity (Wildman–Crippen MR) is 83.3 cm³/mol. The van der Waals surface area contributed by atoms with E-state index in [1.54, 1.807) is 0 Å². The second-order valence-corrected chi connectivity index (χ2v) is 6.15. The summed E-state index contributed by atoms with van der Waals surface area (Å²) in [6.45, 7) is 8.05. The Labute approximate surface area is 126 Å². The van der Waals surface area contributed by atoms with Gasteiger partial charge in [0.2, 0.25) is 0 Å². The van der Waals surface area contributed by atoms with Crippen LogP contribution < -0.4 is 10.6 Å². The number of likely N-dealkylation sites (tertiary alicyclic amines) is 1. The highest BCUT2D eigenvalue weighted by Crippen LogP contribution is 2.20. The van der Waals surface area contributed by atoms with Crippen LogP contribution in [0, 0.1) is 13.8 Å². The summed E-state index contributed by atoms with van der Waals surface area (Å²) < 4.78 is 1.86. The number of rotatable bonds is 3. The third-order valence-corrected chi connectivity index (χ3v) is 4.31. The molecule has 2 rings (SSSR count). The monoisotopic (exact) mass is 293 g/mol. The second kappa shape index (κ2) is 6.47. The summed E-state index contributed by atoms with van der Waals surface area (Å²) >= 11 is 0. The molecular weight excluding hydrogens is 266 g/mol. The minimum absolute atomic E-state index is 0.0416. The van der Waals surface area contributed by atoms with Gasteiger partial charge in [0.15, 0.2) is 0 Å². The highest BCUT2D eigenvalue weighted by atomic mass is 16.2. The molecule has 1 aliphatic heterocycles. The molecule has 1 aliphatic rings. The van der Waals surface area contributed by atoms with E-state index in [1.165, 1.54) is 0 Å². The van der Waals surface area contributed by atoms with Crippen LogP contribution in [0.2, 0.25) is 0 Å². The van der Waals surface area contributed by atoms with E-state index in [2.05, 4.69) is 27.7 Å². The van der Waals surface area contributed by atoms with Crippen LogP contribution in [0.25, 0.3) is 0 Å². The maximum absolute atomic E-state index is 12.2. The van der Waals surface area contributed by atoms with Crippen molar-refractivity contribution in [2.75, 3.05) is 20.1 Å². The molecule has 1 aromatic heterocycles. The van der Waals surface area contributed by atoms with Gasteiger partial charge >= 0.3 is 6.03 Å². The maximum atomic E-state index is 12.2. The lowest BCUT2D eigenvalue weighted by Gasteiger charge is -2.30. The Morgan fingerprint density at radius 3 is 2.67 bits per heavy atom. The van der Waals surface area contributed by atoms with Gasteiger partial charge in [-0.2, -0.15) is 5.10 Å². The van der Waals surface area contributed by atoms with Crippen LogP contribution in [0.1, 0.15) is 42.8 Å². The SMILES string of the molecule is Cc1nn(C)c(C)c1[C@@H](C)NC(=O)N[C@H]1CCCN(C)C1. The number of hydrogen-bond acceptors (Lipinski definition) is 3. The highest BCUT2D eigenvalue weighted by Gasteiger charge is 2.21. The number of urea groups is 1. The molecule has 2 atom stereocenters. The molecule has 0 aromatic carbocycles. The number of hydrogen-bond donors (Lipinski definition) is 2. The van der Waals surface area contributed by atoms with E-state index in [-0.39, 0.29) is 18.1 Å². The fourth-order valence-electron chi connectivity index (χ4n) is 3.20. The van der Waals surface area contributed by atoms with Crippen molar-refractivity contribution in [2.45, 2.75) is 45.7 Å². The van der Waals surface area contributed by atoms with Crippen LogP contribution >= 0.6 is 0 Å². The van der Waals surface area contributed by atoms with Crippen LogP contribution in [0.4, 0.5) is 4.79 Å². The van der Waals surface area contributed by atoms with Gasteiger partial charge in [0.05, 0.1) is 11.7 Å². The Morgan fingerprint density at radius 1 is 1.38 bits per heavy atom. The highest BCUT2D eigenvalue weighted by molar-refractivity contribution is 5.74. The summed E-state index contributed by atoms with van der Waals surface area (Å²) in [5, 5.41) is 10.5. The smallest absolute Gasteiger partial charge is 0.315 e. The molecule has 1 fully saturated rings. The van der Waals surface area contributed by atoms with Crippen molar-refractivity contribution in [3.63, 3.8) is 0 Å². The van der Waals surface area contributed by atoms with E-state index in [9.17, 15) is 4.79 Å². The third kappa shape index (κ3) is 3.75. The maximum Gasteiger partial charge on any atom is 0.315 e. The zero-order valence-electron chi connectivity index (χ0n) is 13.7. The van der Waals surface area contributed by atoms with E-state index in [0.717, 1.165) is 42.9 Å². The molecule has 0 radical (unpaired) electrons. The molecule has 2 heterocycles. The second-order valence-electron chi connectivity index (χ2n) is 6.15. The van der Waals surface area contributed by atoms with Gasteiger partial charge in [0.25, 0.3) is 0 Å². The predicted octanol–water partition coefficient (Wildman–Crippen LogP) is 1.49. The molecule has 2 amide bonds. The Hall–Kier alpha value is -1.56. The quantitative estimate of drug-likeness (QED) is 0.887. The Morgan fingerprint density at radius 2 is 2.10 bits per heavy atom. The van der Waals surface area contributed by atoms with E-state index < -0.39 is 0 Å². The Balaban J connectivity index is 1.93. The summed E-state index contributed by atoms with van der Waals surface area (Å²) in [6.07, 6.45) is 2.19. The van der Waals surface area contributed by atoms with Crippen LogP contribution in [-0.2, 0) is 7.05 Å². The van der Waals surface area contributed by atoms with Crippen LogP contribution in [0.5, 0.6) is 0 Å². The summed E-state index contributed by atoms with van der Waals surface area (Å²) in [4.78, 5) is 14.4. The number of aromatic nitrogens is 2. The van der Waals surface area contributed by atoms with Gasteiger partial charge in [-0.15, -0.1) is 0 Å². The minimum atomic E-state index is -0.0922. The molecular formula is C15H27N5O. The first kappa shape index (κ1) is 15.8. The van der Waals surface area contributed by atoms with Gasteiger partial charge in [-0.25, -0.2) is 4.79 Å². The first-order chi connectivity index (χ1) is 9.88. The van der Waals surface area contributed by atoms with Crippen molar-refractivity contribution in [3.8, 4) is 0 Å². The molecule has 1 saturated heterocycles. The molecule has 6 nitrogen and oxygen atoms in total. The standard InChI is InChI=1S/C15H27N5O/c1-10(14-11(2)18-20(5)12(14)3)16-15(21)17-13-7-6-8-19(4)9-13/h10,13H,6-9H2,1-5H3,(H2,16,17,21)/t10-,13+/m1/s1. The van der Waals surface area contributed by atoms with E-state index in [4.69, 9.17) is 0 Å². The van der Waals surface area contributed by atoms with Crippen molar-refractivity contribution in [3.05, 3.63) is 17.0 Å². The van der Waals surface area contributed by atoms with Gasteiger partial charge < -0.3 is 15.5 Å². The van der Waals surface area contributed by atoms with Gasteiger partial charge in [0.1, 0.15) is 0 Å². The van der Waals surface area contributed by atoms with Crippen molar-refractivity contribution < 1.29 is 4.79 Å². The minimum Gasteiger partial charge on any atom is -0.334 e. The molecule has 1 aromatic rings. The number of carbonyl (C=O) groups is 1. The average Bonchev–Trinajstić information content (AvgIpc) is 2.62. The van der Waals surface area contributed by atoms with Crippen molar-refractivity contribution in [1.82, 2.24) is 25.3 Å². The lowest BCUT2D eigenvalue weighted by Crippen LogP contribution is -2.49. The molecule has 0 bridgehead atoms. The van der Waals surface area contributed by atoms with Crippen LogP contribution in [0.15, 0.2) is 0 Å².